The molecule has 0 aliphatic heterocycles. The summed E-state index contributed by atoms with van der Waals surface area (Å²) in [6.45, 7) is 2.64. The zero-order valence-electron chi connectivity index (χ0n) is 9.42. The minimum Gasteiger partial charge on any atom is -0.330 e. The summed E-state index contributed by atoms with van der Waals surface area (Å²) in [5, 5.41) is 2.87. The smallest absolute Gasteiger partial charge is 0.224 e. The van der Waals surface area contributed by atoms with Gasteiger partial charge in [0.15, 0.2) is 0 Å². The first-order valence-corrected chi connectivity index (χ1v) is 6.18. The van der Waals surface area contributed by atoms with Crippen molar-refractivity contribution in [3.8, 4) is 0 Å². The predicted molar refractivity (Wildman–Crippen MR) is 70.4 cm³/mol. The minimum absolute atomic E-state index is 0.0472. The Balaban J connectivity index is 2.49. The summed E-state index contributed by atoms with van der Waals surface area (Å²) in [7, 11) is 0. The number of rotatable bonds is 5. The molecule has 3 nitrogen and oxygen atoms in total. The largest absolute Gasteiger partial charge is 0.330 e. The van der Waals surface area contributed by atoms with Crippen molar-refractivity contribution in [2.24, 2.45) is 5.73 Å². The van der Waals surface area contributed by atoms with Crippen LogP contribution < -0.4 is 11.1 Å². The highest BCUT2D eigenvalue weighted by atomic mass is 79.9. The molecule has 16 heavy (non-hydrogen) atoms. The number of anilines is 1. The van der Waals surface area contributed by atoms with Crippen LogP contribution in [0.3, 0.4) is 0 Å². The molecule has 0 aliphatic carbocycles. The van der Waals surface area contributed by atoms with E-state index in [2.05, 4.69) is 21.2 Å². The van der Waals surface area contributed by atoms with Gasteiger partial charge in [-0.1, -0.05) is 15.9 Å². The molecule has 0 bridgehead atoms. The van der Waals surface area contributed by atoms with Crippen LogP contribution in [0.2, 0.25) is 0 Å². The van der Waals surface area contributed by atoms with E-state index >= 15 is 0 Å². The molecular formula is C12H17BrN2O. The molecule has 0 radical (unpaired) electrons. The summed E-state index contributed by atoms with van der Waals surface area (Å²) in [4.78, 5) is 11.5. The maximum atomic E-state index is 11.5. The van der Waals surface area contributed by atoms with Gasteiger partial charge in [-0.3, -0.25) is 4.79 Å². The lowest BCUT2D eigenvalue weighted by atomic mass is 10.2. The van der Waals surface area contributed by atoms with E-state index in [4.69, 9.17) is 5.73 Å². The summed E-state index contributed by atoms with van der Waals surface area (Å²) >= 11 is 3.40. The lowest BCUT2D eigenvalue weighted by Crippen LogP contribution is -2.12. The Morgan fingerprint density at radius 1 is 1.38 bits per heavy atom. The SMILES string of the molecule is Cc1cc(Br)cc(NC(=O)CCCCN)c1. The highest BCUT2D eigenvalue weighted by molar-refractivity contribution is 9.10. The first-order valence-electron chi connectivity index (χ1n) is 5.39. The standard InChI is InChI=1S/C12H17BrN2O/c1-9-6-10(13)8-11(7-9)15-12(16)4-2-3-5-14/h6-8H,2-5,14H2,1H3,(H,15,16). The number of hydrogen-bond acceptors (Lipinski definition) is 2. The zero-order valence-corrected chi connectivity index (χ0v) is 11.0. The summed E-state index contributed by atoms with van der Waals surface area (Å²) < 4.78 is 0.977. The van der Waals surface area contributed by atoms with Crippen LogP contribution in [0.5, 0.6) is 0 Å². The van der Waals surface area contributed by atoms with Crippen molar-refractivity contribution in [3.63, 3.8) is 0 Å². The molecule has 1 aromatic carbocycles. The molecule has 0 saturated heterocycles. The monoisotopic (exact) mass is 284 g/mol. The second kappa shape index (κ2) is 6.66. The lowest BCUT2D eigenvalue weighted by molar-refractivity contribution is -0.116. The second-order valence-corrected chi connectivity index (χ2v) is 4.73. The third kappa shape index (κ3) is 4.77. The fourth-order valence-corrected chi connectivity index (χ4v) is 2.07. The molecule has 88 valence electrons. The van der Waals surface area contributed by atoms with Gasteiger partial charge in [0, 0.05) is 16.6 Å². The van der Waals surface area contributed by atoms with Crippen LogP contribution in [-0.4, -0.2) is 12.5 Å². The average molecular weight is 285 g/mol. The van der Waals surface area contributed by atoms with Gasteiger partial charge in [-0.15, -0.1) is 0 Å². The Morgan fingerprint density at radius 3 is 2.75 bits per heavy atom. The molecule has 1 aromatic rings. The number of nitrogens with two attached hydrogens (primary N) is 1. The number of amides is 1. The van der Waals surface area contributed by atoms with Crippen molar-refractivity contribution in [3.05, 3.63) is 28.2 Å². The number of aryl methyl sites for hydroxylation is 1. The van der Waals surface area contributed by atoms with E-state index in [1.54, 1.807) is 0 Å². The molecule has 3 N–H and O–H groups in total. The molecule has 0 heterocycles. The van der Waals surface area contributed by atoms with Gasteiger partial charge in [-0.25, -0.2) is 0 Å². The highest BCUT2D eigenvalue weighted by Gasteiger charge is 2.03. The van der Waals surface area contributed by atoms with E-state index in [0.717, 1.165) is 28.6 Å². The van der Waals surface area contributed by atoms with E-state index in [-0.39, 0.29) is 5.91 Å². The Morgan fingerprint density at radius 2 is 2.12 bits per heavy atom. The minimum atomic E-state index is 0.0472. The number of benzene rings is 1. The summed E-state index contributed by atoms with van der Waals surface area (Å²) in [6.07, 6.45) is 2.27. The van der Waals surface area contributed by atoms with Gasteiger partial charge in [-0.05, 0) is 50.1 Å². The normalized spacial score (nSPS) is 10.2. The molecule has 1 amide bonds. The molecular weight excluding hydrogens is 268 g/mol. The zero-order chi connectivity index (χ0) is 12.0. The van der Waals surface area contributed by atoms with E-state index in [1.165, 1.54) is 0 Å². The maximum Gasteiger partial charge on any atom is 0.224 e. The topological polar surface area (TPSA) is 55.1 Å². The third-order valence-corrected chi connectivity index (χ3v) is 2.64. The van der Waals surface area contributed by atoms with Crippen LogP contribution in [0.25, 0.3) is 0 Å². The molecule has 1 rings (SSSR count). The van der Waals surface area contributed by atoms with E-state index in [9.17, 15) is 4.79 Å². The van der Waals surface area contributed by atoms with Crippen molar-refractivity contribution in [2.75, 3.05) is 11.9 Å². The van der Waals surface area contributed by atoms with Crippen LogP contribution in [0.15, 0.2) is 22.7 Å². The van der Waals surface area contributed by atoms with Gasteiger partial charge in [0.2, 0.25) is 5.91 Å². The summed E-state index contributed by atoms with van der Waals surface area (Å²) in [6, 6.07) is 5.85. The van der Waals surface area contributed by atoms with Gasteiger partial charge in [0.05, 0.1) is 0 Å². The Kier molecular flexibility index (Phi) is 5.49. The molecule has 0 fully saturated rings. The lowest BCUT2D eigenvalue weighted by Gasteiger charge is -2.06. The number of carbonyl (C=O) groups is 1. The Bertz CT molecular complexity index is 346. The van der Waals surface area contributed by atoms with Crippen LogP contribution in [0, 0.1) is 6.92 Å². The van der Waals surface area contributed by atoms with Crippen molar-refractivity contribution >= 4 is 27.5 Å². The molecule has 0 aliphatic rings. The van der Waals surface area contributed by atoms with Crippen molar-refractivity contribution in [2.45, 2.75) is 26.2 Å². The van der Waals surface area contributed by atoms with Crippen LogP contribution >= 0.6 is 15.9 Å². The highest BCUT2D eigenvalue weighted by Crippen LogP contribution is 2.19. The first-order chi connectivity index (χ1) is 7.61. The van der Waals surface area contributed by atoms with Gasteiger partial charge in [-0.2, -0.15) is 0 Å². The van der Waals surface area contributed by atoms with Crippen LogP contribution in [0.4, 0.5) is 5.69 Å². The van der Waals surface area contributed by atoms with E-state index < -0.39 is 0 Å². The summed E-state index contributed by atoms with van der Waals surface area (Å²) in [5.74, 6) is 0.0472. The average Bonchev–Trinajstić information content (AvgIpc) is 2.16. The fourth-order valence-electron chi connectivity index (χ4n) is 1.46. The van der Waals surface area contributed by atoms with Gasteiger partial charge in [0.1, 0.15) is 0 Å². The first kappa shape index (κ1) is 13.2. The van der Waals surface area contributed by atoms with Gasteiger partial charge < -0.3 is 11.1 Å². The fraction of sp³-hybridized carbons (Fsp3) is 0.417. The van der Waals surface area contributed by atoms with Crippen molar-refractivity contribution in [1.29, 1.82) is 0 Å². The van der Waals surface area contributed by atoms with Gasteiger partial charge in [0.25, 0.3) is 0 Å². The van der Waals surface area contributed by atoms with Crippen LogP contribution in [0.1, 0.15) is 24.8 Å². The van der Waals surface area contributed by atoms with E-state index in [0.29, 0.717) is 13.0 Å². The molecule has 4 heteroatoms. The molecule has 0 unspecified atom stereocenters. The number of nitrogens with one attached hydrogen (secondary N) is 1. The quantitative estimate of drug-likeness (QED) is 0.817. The third-order valence-electron chi connectivity index (χ3n) is 2.18. The number of halogens is 1. The van der Waals surface area contributed by atoms with Crippen molar-refractivity contribution < 1.29 is 4.79 Å². The number of unbranched alkanes of at least 4 members (excludes halogenated alkanes) is 1. The van der Waals surface area contributed by atoms with Crippen molar-refractivity contribution in [1.82, 2.24) is 0 Å². The van der Waals surface area contributed by atoms with Crippen LogP contribution in [-0.2, 0) is 4.79 Å². The Labute approximate surface area is 105 Å². The maximum absolute atomic E-state index is 11.5. The second-order valence-electron chi connectivity index (χ2n) is 3.81. The van der Waals surface area contributed by atoms with Gasteiger partial charge >= 0.3 is 0 Å². The number of hydrogen-bond donors (Lipinski definition) is 2. The van der Waals surface area contributed by atoms with E-state index in [1.807, 2.05) is 25.1 Å². The molecule has 0 saturated carbocycles. The predicted octanol–water partition coefficient (Wildman–Crippen LogP) is 2.83. The summed E-state index contributed by atoms with van der Waals surface area (Å²) in [5.41, 5.74) is 7.32. The molecule has 0 aromatic heterocycles. The molecule has 0 spiro atoms. The number of carbonyl (C=O) groups excluding carboxylic acids is 1. The Hall–Kier alpha value is -0.870. The molecule has 0 atom stereocenters.